The van der Waals surface area contributed by atoms with E-state index in [0.717, 1.165) is 0 Å². The molecule has 0 amide bonds. The lowest BCUT2D eigenvalue weighted by atomic mass is 10.2. The Morgan fingerprint density at radius 3 is 0.755 bits per heavy atom. The Hall–Kier alpha value is -0.0425. The zero-order valence-electron chi connectivity index (χ0n) is 38.2. The van der Waals surface area contributed by atoms with Crippen molar-refractivity contribution in [3.63, 3.8) is 0 Å². The number of carbonyl (C=O) groups excluding carboxylic acids is 1. The summed E-state index contributed by atoms with van der Waals surface area (Å²) in [7, 11) is -13.4. The van der Waals surface area contributed by atoms with Gasteiger partial charge in [0.05, 0.1) is 0 Å². The van der Waals surface area contributed by atoms with Gasteiger partial charge < -0.3 is 16.8 Å². The Morgan fingerprint density at radius 2 is 0.571 bits per heavy atom. The van der Waals surface area contributed by atoms with Crippen LogP contribution in [0.25, 0.3) is 0 Å². The quantitative estimate of drug-likeness (QED) is 0.182. The summed E-state index contributed by atoms with van der Waals surface area (Å²) in [6.07, 6.45) is 0. The van der Waals surface area contributed by atoms with Gasteiger partial charge in [-0.3, -0.25) is 0 Å². The van der Waals surface area contributed by atoms with Gasteiger partial charge in [-0.1, -0.05) is 194 Å². The average Bonchev–Trinajstić information content (AvgIpc) is 2.72. The molecule has 0 bridgehead atoms. The van der Waals surface area contributed by atoms with E-state index in [1.807, 2.05) is 0 Å². The molecule has 0 fully saturated rings. The van der Waals surface area contributed by atoms with Gasteiger partial charge in [-0.25, -0.2) is 4.79 Å². The average molecular weight is 759 g/mol. The number of carbonyl (C=O) groups is 1. The highest BCUT2D eigenvalue weighted by Crippen LogP contribution is 2.69. The Labute approximate surface area is 311 Å². The van der Waals surface area contributed by atoms with E-state index in [1.165, 1.54) is 0 Å². The van der Waals surface area contributed by atoms with E-state index < -0.39 is 60.1 Å². The van der Waals surface area contributed by atoms with Crippen LogP contribution in [0.3, 0.4) is 0 Å². The molecule has 0 saturated heterocycles. The van der Waals surface area contributed by atoms with E-state index in [-0.39, 0.29) is 25.2 Å². The van der Waals surface area contributed by atoms with E-state index in [1.54, 1.807) is 6.92 Å². The summed E-state index contributed by atoms with van der Waals surface area (Å²) >= 11 is 0. The summed E-state index contributed by atoms with van der Waals surface area (Å²) in [4.78, 5) is 13.8. The SMILES string of the molecule is C=C(C)C(=O)O[Si](O[Si](O[Si](O[Si](C(C)(C)C)(C(C)(C)C)C(C)(C)C)(C(C)(C)C)C(C)(C)C)(C(C)(C)C)C(C)(C)C)(C(C)(C)C)C(C)(C)C. The first-order valence-corrected chi connectivity index (χ1v) is 26.0. The third kappa shape index (κ3) is 8.69. The first kappa shape index (κ1) is 49.0. The van der Waals surface area contributed by atoms with Gasteiger partial charge in [-0.15, -0.1) is 0 Å². The molecule has 0 N–H and O–H groups in total. The molecule has 0 heterocycles. The molecule has 0 atom stereocenters. The molecule has 292 valence electrons. The fraction of sp³-hybridized carbons (Fsp3) is 0.925. The van der Waals surface area contributed by atoms with Gasteiger partial charge >= 0.3 is 31.7 Å². The predicted molar refractivity (Wildman–Crippen MR) is 225 cm³/mol. The van der Waals surface area contributed by atoms with Gasteiger partial charge in [0.1, 0.15) is 0 Å². The van der Waals surface area contributed by atoms with Gasteiger partial charge in [-0.2, -0.15) is 0 Å². The molecule has 0 aliphatic carbocycles. The maximum absolute atomic E-state index is 13.8. The van der Waals surface area contributed by atoms with Crippen molar-refractivity contribution in [2.75, 3.05) is 0 Å². The van der Waals surface area contributed by atoms with Crippen LogP contribution in [0.1, 0.15) is 194 Å². The minimum absolute atomic E-state index is 0.123. The zero-order chi connectivity index (χ0) is 40.5. The predicted octanol–water partition coefficient (Wildman–Crippen LogP) is 14.6. The summed E-state index contributed by atoms with van der Waals surface area (Å²) in [5.74, 6) is -0.395. The first-order chi connectivity index (χ1) is 20.7. The molecular weight excluding hydrogens is 673 g/mol. The van der Waals surface area contributed by atoms with Crippen molar-refractivity contribution >= 4 is 40.0 Å². The molecule has 0 unspecified atom stereocenters. The molecule has 0 aliphatic heterocycles. The molecule has 0 aromatic carbocycles. The van der Waals surface area contributed by atoms with Gasteiger partial charge in [0.2, 0.25) is 0 Å². The topological polar surface area (TPSA) is 54.0 Å². The number of hydrogen-bond donors (Lipinski definition) is 0. The molecule has 9 heteroatoms. The molecule has 5 nitrogen and oxygen atoms in total. The van der Waals surface area contributed by atoms with Crippen LogP contribution in [0.5, 0.6) is 0 Å². The summed E-state index contributed by atoms with van der Waals surface area (Å²) in [6, 6.07) is 0. The number of rotatable bonds is 8. The fourth-order valence-corrected chi connectivity index (χ4v) is 46.6. The van der Waals surface area contributed by atoms with Crippen LogP contribution in [0, 0.1) is 0 Å². The van der Waals surface area contributed by atoms with Gasteiger partial charge in [0.15, 0.2) is 8.32 Å². The molecule has 0 rings (SSSR count). The van der Waals surface area contributed by atoms with Crippen molar-refractivity contribution in [1.29, 1.82) is 0 Å². The van der Waals surface area contributed by atoms with Gasteiger partial charge in [0, 0.05) is 35.8 Å². The van der Waals surface area contributed by atoms with Crippen LogP contribution >= 0.6 is 0 Å². The second-order valence-electron chi connectivity index (χ2n) is 24.3. The summed E-state index contributed by atoms with van der Waals surface area (Å²) in [5, 5.41) is -2.95. The van der Waals surface area contributed by atoms with Crippen LogP contribution in [0.2, 0.25) is 45.3 Å². The van der Waals surface area contributed by atoms with Gasteiger partial charge in [0.25, 0.3) is 0 Å². The third-order valence-electron chi connectivity index (χ3n) is 10.5. The molecule has 0 aliphatic rings. The highest BCUT2D eigenvalue weighted by Gasteiger charge is 2.76. The van der Waals surface area contributed by atoms with Crippen LogP contribution in [-0.2, 0) is 21.6 Å². The van der Waals surface area contributed by atoms with E-state index in [9.17, 15) is 4.79 Å². The zero-order valence-corrected chi connectivity index (χ0v) is 42.2. The highest BCUT2D eigenvalue weighted by atomic mass is 28.5. The molecule has 0 aromatic heterocycles. The number of hydrogen-bond acceptors (Lipinski definition) is 5. The second-order valence-corrected chi connectivity index (χ2v) is 45.5. The van der Waals surface area contributed by atoms with Crippen molar-refractivity contribution < 1.29 is 21.6 Å². The molecular formula is C40H86O5Si4. The lowest BCUT2D eigenvalue weighted by molar-refractivity contribution is -0.133. The van der Waals surface area contributed by atoms with E-state index >= 15 is 0 Å². The summed E-state index contributed by atoms with van der Waals surface area (Å²) in [6.45, 7) is 68.0. The summed E-state index contributed by atoms with van der Waals surface area (Å²) in [5.41, 5.74) is 0.376. The Balaban J connectivity index is 9.10. The highest BCUT2D eigenvalue weighted by molar-refractivity contribution is 6.97. The molecule has 0 aromatic rings. The maximum atomic E-state index is 13.8. The van der Waals surface area contributed by atoms with Crippen molar-refractivity contribution in [1.82, 2.24) is 0 Å². The van der Waals surface area contributed by atoms with E-state index in [2.05, 4.69) is 194 Å². The molecule has 0 radical (unpaired) electrons. The van der Waals surface area contributed by atoms with Crippen LogP contribution < -0.4 is 0 Å². The lowest BCUT2D eigenvalue weighted by Crippen LogP contribution is -2.77. The Kier molecular flexibility index (Phi) is 13.7. The molecule has 49 heavy (non-hydrogen) atoms. The van der Waals surface area contributed by atoms with Crippen molar-refractivity contribution in [3.8, 4) is 0 Å². The largest absolute Gasteiger partial charge is 0.490 e. The standard InChI is InChI=1S/C40H86O5Si4/c1-30(2)31(41)42-47(35(12,13)14,36(15,16)17)44-49(39(24,25)26,40(27,28)29)45-48(37(18,19)20,38(21,22)23)43-46(32(3,4)5,33(6,7)8)34(9,10)11/h1H2,2-29H3. The van der Waals surface area contributed by atoms with Crippen LogP contribution in [-0.4, -0.2) is 40.0 Å². The fourth-order valence-electron chi connectivity index (χ4n) is 9.95. The second kappa shape index (κ2) is 13.7. The normalized spacial score (nSPS) is 16.2. The molecule has 0 saturated carbocycles. The van der Waals surface area contributed by atoms with E-state index in [4.69, 9.17) is 16.8 Å². The van der Waals surface area contributed by atoms with Crippen LogP contribution in [0.4, 0.5) is 0 Å². The lowest BCUT2D eigenvalue weighted by Gasteiger charge is -2.67. The Morgan fingerprint density at radius 1 is 0.367 bits per heavy atom. The molecule has 0 spiro atoms. The van der Waals surface area contributed by atoms with Crippen molar-refractivity contribution in [3.05, 3.63) is 12.2 Å². The maximum Gasteiger partial charge on any atom is 0.404 e. The van der Waals surface area contributed by atoms with Crippen molar-refractivity contribution in [2.24, 2.45) is 0 Å². The van der Waals surface area contributed by atoms with Crippen molar-refractivity contribution in [2.45, 2.75) is 239 Å². The summed E-state index contributed by atoms with van der Waals surface area (Å²) < 4.78 is 32.0. The first-order valence-electron chi connectivity index (χ1n) is 18.7. The Bertz CT molecular complexity index is 1100. The van der Waals surface area contributed by atoms with Crippen LogP contribution in [0.15, 0.2) is 12.2 Å². The minimum Gasteiger partial charge on any atom is -0.490 e. The minimum atomic E-state index is -3.57. The smallest absolute Gasteiger partial charge is 0.404 e. The van der Waals surface area contributed by atoms with E-state index in [0.29, 0.717) is 5.57 Å². The monoisotopic (exact) mass is 759 g/mol. The third-order valence-corrected chi connectivity index (χ3v) is 36.2. The van der Waals surface area contributed by atoms with Gasteiger partial charge in [-0.05, 0) is 22.0 Å².